The molecule has 1 saturated heterocycles. The summed E-state index contributed by atoms with van der Waals surface area (Å²) in [5, 5.41) is 28.8. The van der Waals surface area contributed by atoms with Crippen LogP contribution in [0.1, 0.15) is 13.8 Å². The predicted molar refractivity (Wildman–Crippen MR) is 86.0 cm³/mol. The molecule has 1 fully saturated rings. The second kappa shape index (κ2) is 12.7. The Labute approximate surface area is 147 Å². The number of aliphatic hydroxyl groups is 3. The van der Waals surface area contributed by atoms with Gasteiger partial charge in [0, 0.05) is 5.92 Å². The molecule has 3 N–H and O–H groups in total. The number of hydrogen-bond donors (Lipinski definition) is 3. The summed E-state index contributed by atoms with van der Waals surface area (Å²) in [4.78, 5) is 10.6. The zero-order chi connectivity index (χ0) is 18.7. The van der Waals surface area contributed by atoms with Crippen LogP contribution in [-0.4, -0.2) is 98.6 Å². The van der Waals surface area contributed by atoms with Crippen molar-refractivity contribution >= 4 is 5.78 Å². The van der Waals surface area contributed by atoms with Crippen LogP contribution in [-0.2, 0) is 28.5 Å². The minimum atomic E-state index is -1.13. The summed E-state index contributed by atoms with van der Waals surface area (Å²) in [6.45, 7) is 4.98. The van der Waals surface area contributed by atoms with Crippen molar-refractivity contribution < 1.29 is 43.8 Å². The van der Waals surface area contributed by atoms with Gasteiger partial charge in [-0.15, -0.1) is 0 Å². The highest BCUT2D eigenvalue weighted by molar-refractivity contribution is 5.76. The second-order valence-electron chi connectivity index (χ2n) is 5.92. The Hall–Kier alpha value is -0.650. The third kappa shape index (κ3) is 8.52. The Kier molecular flexibility index (Phi) is 11.3. The molecule has 1 rings (SSSR count). The van der Waals surface area contributed by atoms with Gasteiger partial charge in [-0.3, -0.25) is 4.79 Å². The number of rotatable bonds is 13. The van der Waals surface area contributed by atoms with Crippen LogP contribution < -0.4 is 0 Å². The average molecular weight is 366 g/mol. The van der Waals surface area contributed by atoms with Crippen molar-refractivity contribution in [3.8, 4) is 0 Å². The molecule has 0 aromatic carbocycles. The van der Waals surface area contributed by atoms with Crippen LogP contribution in [0.15, 0.2) is 0 Å². The zero-order valence-electron chi connectivity index (χ0n) is 14.8. The van der Waals surface area contributed by atoms with Crippen LogP contribution in [0.4, 0.5) is 0 Å². The lowest BCUT2D eigenvalue weighted by molar-refractivity contribution is -0.284. The number of ketones is 1. The summed E-state index contributed by atoms with van der Waals surface area (Å²) in [5.74, 6) is -0.442. The zero-order valence-corrected chi connectivity index (χ0v) is 14.8. The molecule has 0 saturated carbocycles. The molecule has 0 bridgehead atoms. The van der Waals surface area contributed by atoms with Crippen molar-refractivity contribution in [3.63, 3.8) is 0 Å². The van der Waals surface area contributed by atoms with E-state index in [1.165, 1.54) is 6.92 Å². The smallest absolute Gasteiger partial charge is 0.163 e. The van der Waals surface area contributed by atoms with Gasteiger partial charge in [0.1, 0.15) is 18.8 Å². The third-order valence-electron chi connectivity index (χ3n) is 3.75. The van der Waals surface area contributed by atoms with E-state index >= 15 is 0 Å². The lowest BCUT2D eigenvalue weighted by Crippen LogP contribution is -2.55. The van der Waals surface area contributed by atoms with Gasteiger partial charge in [0.2, 0.25) is 0 Å². The Morgan fingerprint density at radius 3 is 2.08 bits per heavy atom. The van der Waals surface area contributed by atoms with Gasteiger partial charge in [-0.1, -0.05) is 6.92 Å². The van der Waals surface area contributed by atoms with Gasteiger partial charge in [-0.05, 0) is 6.92 Å². The second-order valence-corrected chi connectivity index (χ2v) is 5.92. The molecule has 1 heterocycles. The molecular formula is C16H30O9. The normalized spacial score (nSPS) is 29.7. The van der Waals surface area contributed by atoms with Crippen LogP contribution in [0.2, 0.25) is 0 Å². The minimum Gasteiger partial charge on any atom is -0.394 e. The van der Waals surface area contributed by atoms with Crippen molar-refractivity contribution in [2.45, 2.75) is 38.4 Å². The van der Waals surface area contributed by atoms with Crippen molar-refractivity contribution in [1.82, 2.24) is 0 Å². The van der Waals surface area contributed by atoms with E-state index < -0.39 is 37.1 Å². The summed E-state index contributed by atoms with van der Waals surface area (Å²) in [6.07, 6.45) is -3.73. The molecule has 0 spiro atoms. The molecule has 5 atom stereocenters. The molecule has 0 aromatic heterocycles. The molecule has 9 nitrogen and oxygen atoms in total. The highest BCUT2D eigenvalue weighted by atomic mass is 16.7. The van der Waals surface area contributed by atoms with Gasteiger partial charge < -0.3 is 39.0 Å². The van der Waals surface area contributed by atoms with Crippen molar-refractivity contribution in [3.05, 3.63) is 0 Å². The van der Waals surface area contributed by atoms with E-state index in [0.29, 0.717) is 33.0 Å². The van der Waals surface area contributed by atoms with Crippen LogP contribution in [0, 0.1) is 5.92 Å². The number of ether oxygens (including phenoxy) is 5. The summed E-state index contributed by atoms with van der Waals surface area (Å²) in [6, 6.07) is 0. The first-order valence-corrected chi connectivity index (χ1v) is 8.44. The summed E-state index contributed by atoms with van der Waals surface area (Å²) in [7, 11) is 0. The molecule has 2 unspecified atom stereocenters. The van der Waals surface area contributed by atoms with E-state index in [9.17, 15) is 15.0 Å². The Morgan fingerprint density at radius 1 is 0.960 bits per heavy atom. The number of carbonyl (C=O) groups excluding carboxylic acids is 1. The van der Waals surface area contributed by atoms with E-state index in [1.807, 2.05) is 0 Å². The molecular weight excluding hydrogens is 336 g/mol. The fraction of sp³-hybridized carbons (Fsp3) is 0.938. The van der Waals surface area contributed by atoms with Crippen LogP contribution >= 0.6 is 0 Å². The number of hydrogen-bond acceptors (Lipinski definition) is 9. The summed E-state index contributed by atoms with van der Waals surface area (Å²) >= 11 is 0. The van der Waals surface area contributed by atoms with Gasteiger partial charge in [-0.2, -0.15) is 0 Å². The Bertz CT molecular complexity index is 364. The number of Topliss-reactive ketones (excluding diaryl/α,β-unsaturated/α-hetero) is 1. The number of carbonyl (C=O) groups is 1. The fourth-order valence-corrected chi connectivity index (χ4v) is 2.29. The quantitative estimate of drug-likeness (QED) is 0.342. The predicted octanol–water partition coefficient (Wildman–Crippen LogP) is -1.28. The molecule has 0 aliphatic carbocycles. The van der Waals surface area contributed by atoms with E-state index in [1.54, 1.807) is 6.92 Å². The maximum Gasteiger partial charge on any atom is 0.163 e. The SMILES string of the molecule is CC(=O)COCCOCCOCCO[C@@H]1OC(CO)[C@H](O)C(O)[C@@H]1C. The molecule has 0 amide bonds. The van der Waals surface area contributed by atoms with Gasteiger partial charge in [-0.25, -0.2) is 0 Å². The van der Waals surface area contributed by atoms with Crippen molar-refractivity contribution in [2.24, 2.45) is 5.92 Å². The molecule has 1 aliphatic heterocycles. The van der Waals surface area contributed by atoms with Crippen LogP contribution in [0.3, 0.4) is 0 Å². The van der Waals surface area contributed by atoms with Crippen molar-refractivity contribution in [1.29, 1.82) is 0 Å². The Morgan fingerprint density at radius 2 is 1.52 bits per heavy atom. The maximum absolute atomic E-state index is 10.6. The van der Waals surface area contributed by atoms with Gasteiger partial charge in [0.05, 0.1) is 52.4 Å². The summed E-state index contributed by atoms with van der Waals surface area (Å²) in [5.41, 5.74) is 0. The van der Waals surface area contributed by atoms with Gasteiger partial charge >= 0.3 is 0 Å². The van der Waals surface area contributed by atoms with E-state index in [0.717, 1.165) is 0 Å². The largest absolute Gasteiger partial charge is 0.394 e. The first-order chi connectivity index (χ1) is 12.0. The topological polar surface area (TPSA) is 124 Å². The molecule has 25 heavy (non-hydrogen) atoms. The molecule has 1 aliphatic rings. The monoisotopic (exact) mass is 366 g/mol. The fourth-order valence-electron chi connectivity index (χ4n) is 2.29. The lowest BCUT2D eigenvalue weighted by atomic mass is 9.92. The molecule has 148 valence electrons. The third-order valence-corrected chi connectivity index (χ3v) is 3.75. The summed E-state index contributed by atoms with van der Waals surface area (Å²) < 4.78 is 26.6. The first-order valence-electron chi connectivity index (χ1n) is 8.44. The lowest BCUT2D eigenvalue weighted by Gasteiger charge is -2.40. The maximum atomic E-state index is 10.6. The average Bonchev–Trinajstić information content (AvgIpc) is 2.59. The van der Waals surface area contributed by atoms with Crippen LogP contribution in [0.5, 0.6) is 0 Å². The molecule has 0 radical (unpaired) electrons. The van der Waals surface area contributed by atoms with E-state index in [4.69, 9.17) is 28.8 Å². The number of aliphatic hydroxyl groups excluding tert-OH is 3. The van der Waals surface area contributed by atoms with Crippen LogP contribution in [0.25, 0.3) is 0 Å². The van der Waals surface area contributed by atoms with Crippen molar-refractivity contribution in [2.75, 3.05) is 52.9 Å². The van der Waals surface area contributed by atoms with E-state index in [2.05, 4.69) is 0 Å². The highest BCUT2D eigenvalue weighted by Gasteiger charge is 2.42. The standard InChI is InChI=1S/C16H30O9/c1-11(18)10-23-6-5-21-3-4-22-7-8-24-16-12(2)14(19)15(20)13(9-17)25-16/h12-17,19-20H,3-10H2,1-2H3/t12-,13?,14?,15-,16+/m0/s1. The molecule has 0 aromatic rings. The first kappa shape index (κ1) is 22.4. The van der Waals surface area contributed by atoms with E-state index in [-0.39, 0.29) is 19.0 Å². The van der Waals surface area contributed by atoms with Gasteiger partial charge in [0.15, 0.2) is 12.1 Å². The molecule has 9 heteroatoms. The minimum absolute atomic E-state index is 0.0214. The highest BCUT2D eigenvalue weighted by Crippen LogP contribution is 2.26. The van der Waals surface area contributed by atoms with Gasteiger partial charge in [0.25, 0.3) is 0 Å². The Balaban J connectivity index is 2.01.